The summed E-state index contributed by atoms with van der Waals surface area (Å²) in [6.07, 6.45) is -1.63. The first kappa shape index (κ1) is 23.5. The van der Waals surface area contributed by atoms with Crippen molar-refractivity contribution in [3.63, 3.8) is 0 Å². The monoisotopic (exact) mass is 411 g/mol. The van der Waals surface area contributed by atoms with Gasteiger partial charge < -0.3 is 20.3 Å². The molecule has 1 aliphatic carbocycles. The summed E-state index contributed by atoms with van der Waals surface area (Å²) in [5.74, 6) is -1.10. The van der Waals surface area contributed by atoms with E-state index in [1.807, 2.05) is 25.1 Å². The Morgan fingerprint density at radius 1 is 1.41 bits per heavy atom. The fraction of sp³-hybridized carbons (Fsp3) is 0.611. The number of aliphatic carboxylic acids is 1. The number of carbonyl (C=O) groups is 1. The van der Waals surface area contributed by atoms with E-state index in [9.17, 15) is 18.3 Å². The first-order valence-corrected chi connectivity index (χ1v) is 8.97. The van der Waals surface area contributed by atoms with Gasteiger partial charge in [0.2, 0.25) is 0 Å². The van der Waals surface area contributed by atoms with E-state index < -0.39 is 18.2 Å². The minimum atomic E-state index is -5.08. The molecule has 1 aliphatic rings. The highest BCUT2D eigenvalue weighted by molar-refractivity contribution is 6.31. The van der Waals surface area contributed by atoms with Crippen molar-refractivity contribution in [2.24, 2.45) is 5.92 Å². The molecule has 27 heavy (non-hydrogen) atoms. The molecular formula is C18H25ClF3NO4. The molecule has 2 atom stereocenters. The van der Waals surface area contributed by atoms with Crippen LogP contribution in [0.25, 0.3) is 0 Å². The van der Waals surface area contributed by atoms with E-state index in [0.717, 1.165) is 22.3 Å². The van der Waals surface area contributed by atoms with Gasteiger partial charge in [-0.25, -0.2) is 4.79 Å². The molecule has 2 unspecified atom stereocenters. The van der Waals surface area contributed by atoms with Gasteiger partial charge in [-0.15, -0.1) is 0 Å². The zero-order valence-corrected chi connectivity index (χ0v) is 16.0. The third kappa shape index (κ3) is 10.4. The summed E-state index contributed by atoms with van der Waals surface area (Å²) in [4.78, 5) is 8.90. The average Bonchev–Trinajstić information content (AvgIpc) is 3.37. The molecule has 1 fully saturated rings. The Bertz CT molecular complexity index is 609. The van der Waals surface area contributed by atoms with E-state index in [1.54, 1.807) is 0 Å². The molecule has 2 rings (SSSR count). The molecule has 5 nitrogen and oxygen atoms in total. The number of ether oxygens (including phenoxy) is 1. The number of carboxylic acid groups (broad SMARTS) is 1. The Labute approximate surface area is 161 Å². The fourth-order valence-corrected chi connectivity index (χ4v) is 2.35. The standard InChI is InChI=1S/C16H24ClNO2.C2HF3O2/c1-11-7-15(5-6-16(11)17)20-10-14(19)9-18-12(2)8-13-3-4-13;3-2(4,5)1(6)7/h5-7,12-14,18-19H,3-4,8-10H2,1-2H3;(H,6,7). The van der Waals surface area contributed by atoms with Crippen molar-refractivity contribution in [1.82, 2.24) is 5.32 Å². The molecule has 3 N–H and O–H groups in total. The highest BCUT2D eigenvalue weighted by Gasteiger charge is 2.38. The molecule has 0 spiro atoms. The molecule has 1 saturated carbocycles. The van der Waals surface area contributed by atoms with Crippen LogP contribution in [0.3, 0.4) is 0 Å². The second-order valence-corrected chi connectivity index (χ2v) is 7.07. The van der Waals surface area contributed by atoms with Crippen LogP contribution in [-0.4, -0.2) is 47.7 Å². The second kappa shape index (κ2) is 10.7. The molecule has 0 saturated heterocycles. The maximum Gasteiger partial charge on any atom is 0.490 e. The second-order valence-electron chi connectivity index (χ2n) is 6.67. The van der Waals surface area contributed by atoms with Crippen LogP contribution in [0.15, 0.2) is 18.2 Å². The van der Waals surface area contributed by atoms with Crippen molar-refractivity contribution in [3.05, 3.63) is 28.8 Å². The maximum absolute atomic E-state index is 10.6. The summed E-state index contributed by atoms with van der Waals surface area (Å²) < 4.78 is 37.3. The van der Waals surface area contributed by atoms with Crippen LogP contribution in [0.1, 0.15) is 31.7 Å². The van der Waals surface area contributed by atoms with Crippen LogP contribution in [0.2, 0.25) is 5.02 Å². The number of nitrogens with one attached hydrogen (secondary N) is 1. The van der Waals surface area contributed by atoms with E-state index in [-0.39, 0.29) is 0 Å². The van der Waals surface area contributed by atoms with Gasteiger partial charge in [0.25, 0.3) is 0 Å². The Kier molecular flexibility index (Phi) is 9.35. The summed E-state index contributed by atoms with van der Waals surface area (Å²) >= 11 is 5.96. The Morgan fingerprint density at radius 2 is 2.00 bits per heavy atom. The minimum Gasteiger partial charge on any atom is -0.491 e. The van der Waals surface area contributed by atoms with E-state index in [1.165, 1.54) is 19.3 Å². The summed E-state index contributed by atoms with van der Waals surface area (Å²) in [7, 11) is 0. The van der Waals surface area contributed by atoms with Crippen molar-refractivity contribution in [1.29, 1.82) is 0 Å². The number of alkyl halides is 3. The third-order valence-electron chi connectivity index (χ3n) is 3.90. The van der Waals surface area contributed by atoms with Crippen LogP contribution >= 0.6 is 11.6 Å². The highest BCUT2D eigenvalue weighted by Crippen LogP contribution is 2.33. The molecule has 0 heterocycles. The van der Waals surface area contributed by atoms with E-state index in [2.05, 4.69) is 12.2 Å². The summed E-state index contributed by atoms with van der Waals surface area (Å²) in [6.45, 7) is 4.98. The van der Waals surface area contributed by atoms with Gasteiger partial charge in [-0.1, -0.05) is 24.4 Å². The van der Waals surface area contributed by atoms with Gasteiger partial charge in [0.05, 0.1) is 0 Å². The lowest BCUT2D eigenvalue weighted by Crippen LogP contribution is -2.36. The zero-order chi connectivity index (χ0) is 20.6. The van der Waals surface area contributed by atoms with Gasteiger partial charge in [0.15, 0.2) is 0 Å². The van der Waals surface area contributed by atoms with Crippen molar-refractivity contribution in [3.8, 4) is 5.75 Å². The molecule has 1 aromatic carbocycles. The van der Waals surface area contributed by atoms with Gasteiger partial charge in [-0.2, -0.15) is 13.2 Å². The summed E-state index contributed by atoms with van der Waals surface area (Å²) in [6, 6.07) is 5.99. The van der Waals surface area contributed by atoms with Crippen molar-refractivity contribution >= 4 is 17.6 Å². The predicted octanol–water partition coefficient (Wildman–Crippen LogP) is 3.80. The lowest BCUT2D eigenvalue weighted by Gasteiger charge is -2.17. The number of rotatable bonds is 8. The number of aliphatic hydroxyl groups excluding tert-OH is 1. The first-order valence-electron chi connectivity index (χ1n) is 8.59. The smallest absolute Gasteiger partial charge is 0.490 e. The molecule has 9 heteroatoms. The molecule has 0 aromatic heterocycles. The molecule has 154 valence electrons. The normalized spacial score (nSPS) is 16.1. The van der Waals surface area contributed by atoms with Crippen LogP contribution < -0.4 is 10.1 Å². The third-order valence-corrected chi connectivity index (χ3v) is 4.32. The number of aryl methyl sites for hydroxylation is 1. The number of carboxylic acids is 1. The maximum atomic E-state index is 10.6. The van der Waals surface area contributed by atoms with E-state index in [4.69, 9.17) is 26.2 Å². The van der Waals surface area contributed by atoms with Crippen LogP contribution in [0.5, 0.6) is 5.75 Å². The van der Waals surface area contributed by atoms with E-state index >= 15 is 0 Å². The lowest BCUT2D eigenvalue weighted by atomic mass is 10.1. The number of halogens is 4. The van der Waals surface area contributed by atoms with Crippen molar-refractivity contribution < 1.29 is 32.9 Å². The highest BCUT2D eigenvalue weighted by atomic mass is 35.5. The molecular weight excluding hydrogens is 387 g/mol. The minimum absolute atomic E-state index is 0.296. The Hall–Kier alpha value is -1.51. The fourth-order valence-electron chi connectivity index (χ4n) is 2.23. The van der Waals surface area contributed by atoms with E-state index in [0.29, 0.717) is 19.2 Å². The number of aliphatic hydroxyl groups is 1. The van der Waals surface area contributed by atoms with Gasteiger partial charge >= 0.3 is 12.1 Å². The summed E-state index contributed by atoms with van der Waals surface area (Å²) in [5.41, 5.74) is 0.981. The number of hydrogen-bond donors (Lipinski definition) is 3. The lowest BCUT2D eigenvalue weighted by molar-refractivity contribution is -0.192. The quantitative estimate of drug-likeness (QED) is 0.606. The first-order chi connectivity index (χ1) is 12.5. The molecule has 0 aliphatic heterocycles. The van der Waals surface area contributed by atoms with Crippen LogP contribution in [-0.2, 0) is 4.79 Å². The largest absolute Gasteiger partial charge is 0.491 e. The van der Waals surface area contributed by atoms with Gasteiger partial charge in [-0.05, 0) is 49.9 Å². The van der Waals surface area contributed by atoms with Crippen molar-refractivity contribution in [2.45, 2.75) is 51.4 Å². The molecule has 0 radical (unpaired) electrons. The summed E-state index contributed by atoms with van der Waals surface area (Å²) in [5, 5.41) is 21.1. The molecule has 1 aromatic rings. The average molecular weight is 412 g/mol. The number of benzene rings is 1. The predicted molar refractivity (Wildman–Crippen MR) is 96.2 cm³/mol. The SMILES string of the molecule is Cc1cc(OCC(O)CNC(C)CC2CC2)ccc1Cl.O=C(O)C(F)(F)F. The Morgan fingerprint density at radius 3 is 2.48 bits per heavy atom. The molecule has 0 bridgehead atoms. The molecule has 0 amide bonds. The van der Waals surface area contributed by atoms with Crippen molar-refractivity contribution in [2.75, 3.05) is 13.2 Å². The van der Waals surface area contributed by atoms with Gasteiger partial charge in [-0.3, -0.25) is 0 Å². The van der Waals surface area contributed by atoms with Gasteiger partial charge in [0, 0.05) is 17.6 Å². The van der Waals surface area contributed by atoms with Gasteiger partial charge in [0.1, 0.15) is 18.5 Å². The number of hydrogen-bond acceptors (Lipinski definition) is 4. The van der Waals surface area contributed by atoms with Crippen LogP contribution in [0.4, 0.5) is 13.2 Å². The zero-order valence-electron chi connectivity index (χ0n) is 15.2. The topological polar surface area (TPSA) is 78.8 Å². The Balaban J connectivity index is 0.000000445. The van der Waals surface area contributed by atoms with Crippen LogP contribution in [0, 0.1) is 12.8 Å².